The van der Waals surface area contributed by atoms with E-state index in [-0.39, 0.29) is 0 Å². The molecule has 0 spiro atoms. The van der Waals surface area contributed by atoms with Gasteiger partial charge in [-0.3, -0.25) is 0 Å². The molecule has 1 aromatic carbocycles. The Balaban J connectivity index is 2.06. The van der Waals surface area contributed by atoms with Crippen LogP contribution < -0.4 is 0 Å². The molecule has 0 aliphatic carbocycles. The highest BCUT2D eigenvalue weighted by Gasteiger charge is 1.96. The fourth-order valence-corrected chi connectivity index (χ4v) is 1.80. The highest BCUT2D eigenvalue weighted by atomic mass is 35.5. The number of aromatic nitrogens is 2. The molecule has 1 aromatic heterocycles. The van der Waals surface area contributed by atoms with Gasteiger partial charge in [-0.2, -0.15) is 0 Å². The van der Waals surface area contributed by atoms with Crippen molar-refractivity contribution in [1.29, 1.82) is 0 Å². The summed E-state index contributed by atoms with van der Waals surface area (Å²) in [6.07, 6.45) is 9.43. The molecule has 0 N–H and O–H groups in total. The molecule has 0 aliphatic heterocycles. The van der Waals surface area contributed by atoms with Gasteiger partial charge >= 0.3 is 0 Å². The first-order valence-corrected chi connectivity index (χ1v) is 5.58. The summed E-state index contributed by atoms with van der Waals surface area (Å²) < 4.78 is 1.97. The highest BCUT2D eigenvalue weighted by Crippen LogP contribution is 2.21. The number of allylic oxidation sites excluding steroid dienone is 1. The van der Waals surface area contributed by atoms with E-state index in [1.54, 1.807) is 18.6 Å². The topological polar surface area (TPSA) is 17.8 Å². The van der Waals surface area contributed by atoms with Crippen LogP contribution in [-0.4, -0.2) is 9.55 Å². The number of rotatable bonds is 3. The van der Waals surface area contributed by atoms with Crippen molar-refractivity contribution in [2.75, 3.05) is 0 Å². The van der Waals surface area contributed by atoms with Crippen LogP contribution in [0.15, 0.2) is 43.0 Å². The van der Waals surface area contributed by atoms with E-state index in [4.69, 9.17) is 23.2 Å². The number of halogens is 2. The van der Waals surface area contributed by atoms with E-state index in [0.29, 0.717) is 10.0 Å². The summed E-state index contributed by atoms with van der Waals surface area (Å²) in [6.45, 7) is 0.777. The molecule has 2 aromatic rings. The Morgan fingerprint density at radius 3 is 2.88 bits per heavy atom. The van der Waals surface area contributed by atoms with E-state index >= 15 is 0 Å². The fraction of sp³-hybridized carbons (Fsp3) is 0.0833. The Morgan fingerprint density at radius 2 is 2.19 bits per heavy atom. The predicted molar refractivity (Wildman–Crippen MR) is 67.7 cm³/mol. The summed E-state index contributed by atoms with van der Waals surface area (Å²) in [7, 11) is 0. The molecule has 4 heteroatoms. The fourth-order valence-electron chi connectivity index (χ4n) is 1.33. The Labute approximate surface area is 104 Å². The van der Waals surface area contributed by atoms with Crippen LogP contribution in [0.4, 0.5) is 0 Å². The van der Waals surface area contributed by atoms with Gasteiger partial charge < -0.3 is 4.57 Å². The first-order chi connectivity index (χ1) is 7.75. The van der Waals surface area contributed by atoms with Crippen LogP contribution in [0.1, 0.15) is 5.56 Å². The van der Waals surface area contributed by atoms with Crippen LogP contribution in [0, 0.1) is 0 Å². The Hall–Kier alpha value is -1.25. The molecule has 0 unspecified atom stereocenters. The second-order valence-electron chi connectivity index (χ2n) is 3.33. The zero-order chi connectivity index (χ0) is 11.4. The molecule has 0 aliphatic rings. The highest BCUT2D eigenvalue weighted by molar-refractivity contribution is 6.35. The minimum absolute atomic E-state index is 0.650. The molecule has 0 radical (unpaired) electrons. The summed E-state index contributed by atoms with van der Waals surface area (Å²) in [5.41, 5.74) is 0.964. The van der Waals surface area contributed by atoms with Crippen LogP contribution in [0.2, 0.25) is 10.0 Å². The van der Waals surface area contributed by atoms with Crippen molar-refractivity contribution in [1.82, 2.24) is 9.55 Å². The standard InChI is InChI=1S/C12H10Cl2N2/c13-11-4-3-10(12(14)8-11)2-1-6-16-7-5-15-9-16/h1-5,7-9H,6H2/b2-1+. The smallest absolute Gasteiger partial charge is 0.0948 e. The lowest BCUT2D eigenvalue weighted by Gasteiger charge is -1.99. The first kappa shape index (κ1) is 11.2. The lowest BCUT2D eigenvalue weighted by atomic mass is 10.2. The maximum Gasteiger partial charge on any atom is 0.0948 e. The van der Waals surface area contributed by atoms with Gasteiger partial charge in [0.05, 0.1) is 6.33 Å². The first-order valence-electron chi connectivity index (χ1n) is 4.83. The van der Waals surface area contributed by atoms with Crippen molar-refractivity contribution in [2.24, 2.45) is 0 Å². The van der Waals surface area contributed by atoms with Crippen molar-refractivity contribution < 1.29 is 0 Å². The molecule has 0 atom stereocenters. The number of hydrogen-bond acceptors (Lipinski definition) is 1. The number of benzene rings is 1. The van der Waals surface area contributed by atoms with Crippen molar-refractivity contribution in [3.8, 4) is 0 Å². The lowest BCUT2D eigenvalue weighted by Crippen LogP contribution is -1.89. The van der Waals surface area contributed by atoms with E-state index in [1.165, 1.54) is 0 Å². The van der Waals surface area contributed by atoms with Gasteiger partial charge in [0, 0.05) is 29.0 Å². The molecule has 16 heavy (non-hydrogen) atoms. The Bertz CT molecular complexity index is 490. The van der Waals surface area contributed by atoms with Crippen LogP contribution in [0.5, 0.6) is 0 Å². The van der Waals surface area contributed by atoms with E-state index in [1.807, 2.05) is 35.0 Å². The molecule has 0 fully saturated rings. The van der Waals surface area contributed by atoms with E-state index in [0.717, 1.165) is 12.1 Å². The zero-order valence-electron chi connectivity index (χ0n) is 8.48. The molecule has 2 nitrogen and oxygen atoms in total. The minimum atomic E-state index is 0.650. The molecule has 1 heterocycles. The summed E-state index contributed by atoms with van der Waals surface area (Å²) in [4.78, 5) is 3.96. The van der Waals surface area contributed by atoms with Gasteiger partial charge in [0.2, 0.25) is 0 Å². The largest absolute Gasteiger partial charge is 0.334 e. The molecule has 82 valence electrons. The van der Waals surface area contributed by atoms with E-state index in [9.17, 15) is 0 Å². The average Bonchev–Trinajstić information content (AvgIpc) is 2.74. The third kappa shape index (κ3) is 2.87. The van der Waals surface area contributed by atoms with Crippen LogP contribution in [0.3, 0.4) is 0 Å². The lowest BCUT2D eigenvalue weighted by molar-refractivity contribution is 0.823. The van der Waals surface area contributed by atoms with E-state index in [2.05, 4.69) is 4.98 Å². The van der Waals surface area contributed by atoms with Crippen molar-refractivity contribution in [2.45, 2.75) is 6.54 Å². The summed E-state index contributed by atoms with van der Waals surface area (Å²) >= 11 is 11.8. The summed E-state index contributed by atoms with van der Waals surface area (Å²) in [5.74, 6) is 0. The van der Waals surface area contributed by atoms with Gasteiger partial charge in [0.15, 0.2) is 0 Å². The third-order valence-corrected chi connectivity index (χ3v) is 2.70. The number of imidazole rings is 1. The van der Waals surface area contributed by atoms with Crippen LogP contribution >= 0.6 is 23.2 Å². The molecular formula is C12H10Cl2N2. The molecule has 2 rings (SSSR count). The monoisotopic (exact) mass is 252 g/mol. The van der Waals surface area contributed by atoms with Gasteiger partial charge in [-0.25, -0.2) is 4.98 Å². The van der Waals surface area contributed by atoms with Crippen LogP contribution in [0.25, 0.3) is 6.08 Å². The van der Waals surface area contributed by atoms with Crippen molar-refractivity contribution in [3.63, 3.8) is 0 Å². The second kappa shape index (κ2) is 5.19. The van der Waals surface area contributed by atoms with Crippen LogP contribution in [-0.2, 0) is 6.54 Å². The zero-order valence-corrected chi connectivity index (χ0v) is 9.99. The number of hydrogen-bond donors (Lipinski definition) is 0. The van der Waals surface area contributed by atoms with E-state index < -0.39 is 0 Å². The maximum absolute atomic E-state index is 6.04. The maximum atomic E-state index is 6.04. The normalized spacial score (nSPS) is 11.1. The molecule has 0 amide bonds. The van der Waals surface area contributed by atoms with Gasteiger partial charge in [0.1, 0.15) is 0 Å². The van der Waals surface area contributed by atoms with Gasteiger partial charge in [-0.05, 0) is 17.7 Å². The average molecular weight is 253 g/mol. The molecule has 0 saturated carbocycles. The Kier molecular flexibility index (Phi) is 3.65. The predicted octanol–water partition coefficient (Wildman–Crippen LogP) is 3.90. The quantitative estimate of drug-likeness (QED) is 0.811. The summed E-state index contributed by atoms with van der Waals surface area (Å²) in [5, 5.41) is 1.31. The molecule has 0 bridgehead atoms. The molecule has 0 saturated heterocycles. The SMILES string of the molecule is Clc1ccc(/C=C/Cn2ccnc2)c(Cl)c1. The minimum Gasteiger partial charge on any atom is -0.334 e. The van der Waals surface area contributed by atoms with Gasteiger partial charge in [-0.15, -0.1) is 0 Å². The van der Waals surface area contributed by atoms with Gasteiger partial charge in [0.25, 0.3) is 0 Å². The number of nitrogens with zero attached hydrogens (tertiary/aromatic N) is 2. The van der Waals surface area contributed by atoms with Crippen molar-refractivity contribution in [3.05, 3.63) is 58.6 Å². The van der Waals surface area contributed by atoms with Crippen molar-refractivity contribution >= 4 is 29.3 Å². The Morgan fingerprint density at radius 1 is 1.31 bits per heavy atom. The summed E-state index contributed by atoms with van der Waals surface area (Å²) in [6, 6.07) is 5.46. The second-order valence-corrected chi connectivity index (χ2v) is 4.17. The third-order valence-electron chi connectivity index (χ3n) is 2.14. The molecular weight excluding hydrogens is 243 g/mol. The van der Waals surface area contributed by atoms with Gasteiger partial charge in [-0.1, -0.05) is 41.4 Å².